The van der Waals surface area contributed by atoms with Gasteiger partial charge in [0.1, 0.15) is 5.01 Å². The molecule has 2 aromatic rings. The maximum absolute atomic E-state index is 5.52. The number of hydrogen-bond acceptors (Lipinski definition) is 6. The molecule has 0 unspecified atom stereocenters. The zero-order valence-corrected chi connectivity index (χ0v) is 9.95. The maximum atomic E-state index is 5.52. The van der Waals surface area contributed by atoms with Crippen LogP contribution in [0.15, 0.2) is 24.0 Å². The highest BCUT2D eigenvalue weighted by Crippen LogP contribution is 2.25. The van der Waals surface area contributed by atoms with E-state index in [1.54, 1.807) is 29.9 Å². The highest BCUT2D eigenvalue weighted by molar-refractivity contribution is 7.09. The van der Waals surface area contributed by atoms with Crippen molar-refractivity contribution in [3.8, 4) is 0 Å². The summed E-state index contributed by atoms with van der Waals surface area (Å²) in [6, 6.07) is 0. The number of hydrogen-bond donors (Lipinski definition) is 2. The van der Waals surface area contributed by atoms with Crippen LogP contribution in [0.25, 0.3) is 0 Å². The summed E-state index contributed by atoms with van der Waals surface area (Å²) >= 11 is 1.60. The minimum atomic E-state index is -0.287. The lowest BCUT2D eigenvalue weighted by atomic mass is 10.1. The van der Waals surface area contributed by atoms with Crippen LogP contribution in [0.3, 0.4) is 0 Å². The molecule has 0 bridgehead atoms. The highest BCUT2D eigenvalue weighted by atomic mass is 32.1. The van der Waals surface area contributed by atoms with Crippen LogP contribution >= 0.6 is 11.3 Å². The Balaban J connectivity index is 2.18. The van der Waals surface area contributed by atoms with E-state index in [0.29, 0.717) is 11.6 Å². The van der Waals surface area contributed by atoms with Crippen LogP contribution in [0, 0.1) is 0 Å². The van der Waals surface area contributed by atoms with Gasteiger partial charge in [0.2, 0.25) is 5.95 Å². The molecule has 2 aromatic heterocycles. The molecule has 0 fully saturated rings. The van der Waals surface area contributed by atoms with Crippen molar-refractivity contribution in [3.63, 3.8) is 0 Å². The second-order valence-corrected chi connectivity index (χ2v) is 4.82. The second kappa shape index (κ2) is 4.05. The Kier molecular flexibility index (Phi) is 2.74. The van der Waals surface area contributed by atoms with Crippen molar-refractivity contribution in [1.82, 2.24) is 15.0 Å². The third kappa shape index (κ3) is 2.27. The molecule has 3 N–H and O–H groups in total. The lowest BCUT2D eigenvalue weighted by Gasteiger charge is -2.23. The molecule has 0 atom stereocenters. The van der Waals surface area contributed by atoms with E-state index in [-0.39, 0.29) is 5.54 Å². The SMILES string of the molecule is CC(C)(Nc1ncc(N)cn1)c1nccs1. The average Bonchev–Trinajstić information content (AvgIpc) is 2.75. The van der Waals surface area contributed by atoms with Gasteiger partial charge in [-0.3, -0.25) is 0 Å². The Morgan fingerprint density at radius 1 is 1.25 bits per heavy atom. The van der Waals surface area contributed by atoms with Crippen molar-refractivity contribution in [2.45, 2.75) is 19.4 Å². The molecule has 2 rings (SSSR count). The van der Waals surface area contributed by atoms with Crippen LogP contribution in [-0.4, -0.2) is 15.0 Å². The topological polar surface area (TPSA) is 76.7 Å². The van der Waals surface area contributed by atoms with E-state index in [9.17, 15) is 0 Å². The number of nitrogens with zero attached hydrogens (tertiary/aromatic N) is 3. The highest BCUT2D eigenvalue weighted by Gasteiger charge is 2.23. The number of rotatable bonds is 3. The normalized spacial score (nSPS) is 11.4. The molecule has 6 heteroatoms. The van der Waals surface area contributed by atoms with Gasteiger partial charge in [0.25, 0.3) is 0 Å². The molecule has 0 radical (unpaired) electrons. The molecule has 84 valence electrons. The average molecular weight is 235 g/mol. The van der Waals surface area contributed by atoms with Gasteiger partial charge < -0.3 is 11.1 Å². The fourth-order valence-corrected chi connectivity index (χ4v) is 1.99. The molecule has 16 heavy (non-hydrogen) atoms. The zero-order chi connectivity index (χ0) is 11.6. The van der Waals surface area contributed by atoms with E-state index < -0.39 is 0 Å². The summed E-state index contributed by atoms with van der Waals surface area (Å²) in [7, 11) is 0. The molecule has 0 amide bonds. The third-order valence-electron chi connectivity index (χ3n) is 2.06. The molecular weight excluding hydrogens is 222 g/mol. The van der Waals surface area contributed by atoms with Crippen LogP contribution < -0.4 is 11.1 Å². The van der Waals surface area contributed by atoms with Crippen LogP contribution in [0.2, 0.25) is 0 Å². The molecule has 0 aliphatic rings. The molecule has 0 spiro atoms. The van der Waals surface area contributed by atoms with Gasteiger partial charge in [-0.25, -0.2) is 15.0 Å². The smallest absolute Gasteiger partial charge is 0.223 e. The van der Waals surface area contributed by atoms with Gasteiger partial charge in [-0.05, 0) is 13.8 Å². The number of nitrogen functional groups attached to an aromatic ring is 1. The van der Waals surface area contributed by atoms with Gasteiger partial charge in [-0.1, -0.05) is 0 Å². The van der Waals surface area contributed by atoms with Gasteiger partial charge in [0, 0.05) is 11.6 Å². The zero-order valence-electron chi connectivity index (χ0n) is 9.14. The Labute approximate surface area is 97.8 Å². The fourth-order valence-electron chi connectivity index (χ4n) is 1.27. The summed E-state index contributed by atoms with van der Waals surface area (Å²) in [6.07, 6.45) is 4.94. The second-order valence-electron chi connectivity index (χ2n) is 3.93. The minimum absolute atomic E-state index is 0.287. The molecule has 0 aliphatic carbocycles. The largest absolute Gasteiger partial charge is 0.396 e. The van der Waals surface area contributed by atoms with Gasteiger partial charge >= 0.3 is 0 Å². The molecule has 0 aliphatic heterocycles. The van der Waals surface area contributed by atoms with Crippen LogP contribution in [0.4, 0.5) is 11.6 Å². The van der Waals surface area contributed by atoms with E-state index in [1.165, 1.54) is 0 Å². The summed E-state index contributed by atoms with van der Waals surface area (Å²) in [5.74, 6) is 0.550. The van der Waals surface area contributed by atoms with Gasteiger partial charge in [-0.2, -0.15) is 0 Å². The van der Waals surface area contributed by atoms with Crippen LogP contribution in [0.1, 0.15) is 18.9 Å². The van der Waals surface area contributed by atoms with E-state index >= 15 is 0 Å². The third-order valence-corrected chi connectivity index (χ3v) is 3.16. The molecule has 0 saturated heterocycles. The first kappa shape index (κ1) is 10.8. The first-order chi connectivity index (χ1) is 7.58. The molecule has 0 saturated carbocycles. The van der Waals surface area contributed by atoms with Crippen molar-refractivity contribution in [2.75, 3.05) is 11.1 Å². The van der Waals surface area contributed by atoms with E-state index in [0.717, 1.165) is 5.01 Å². The summed E-state index contributed by atoms with van der Waals surface area (Å²) in [6.45, 7) is 4.07. The van der Waals surface area contributed by atoms with Gasteiger partial charge in [-0.15, -0.1) is 11.3 Å². The van der Waals surface area contributed by atoms with E-state index in [4.69, 9.17) is 5.73 Å². The van der Waals surface area contributed by atoms with E-state index in [2.05, 4.69) is 20.3 Å². The monoisotopic (exact) mass is 235 g/mol. The van der Waals surface area contributed by atoms with Crippen molar-refractivity contribution in [3.05, 3.63) is 29.0 Å². The predicted octanol–water partition coefficient (Wildman–Crippen LogP) is 1.86. The minimum Gasteiger partial charge on any atom is -0.396 e. The standard InChI is InChI=1S/C10H13N5S/c1-10(2,8-12-3-4-16-8)15-9-13-5-7(11)6-14-9/h3-6H,11H2,1-2H3,(H,13,14,15). The Hall–Kier alpha value is -1.69. The molecular formula is C10H13N5S. The molecule has 2 heterocycles. The van der Waals surface area contributed by atoms with Crippen molar-refractivity contribution in [1.29, 1.82) is 0 Å². The molecule has 5 nitrogen and oxygen atoms in total. The van der Waals surface area contributed by atoms with Crippen molar-refractivity contribution < 1.29 is 0 Å². The Morgan fingerprint density at radius 3 is 2.50 bits per heavy atom. The first-order valence-corrected chi connectivity index (χ1v) is 5.71. The van der Waals surface area contributed by atoms with Crippen molar-refractivity contribution in [2.24, 2.45) is 0 Å². The maximum Gasteiger partial charge on any atom is 0.223 e. The van der Waals surface area contributed by atoms with E-state index in [1.807, 2.05) is 19.2 Å². The van der Waals surface area contributed by atoms with Gasteiger partial charge in [0.15, 0.2) is 0 Å². The lowest BCUT2D eigenvalue weighted by Crippen LogP contribution is -2.28. The van der Waals surface area contributed by atoms with Crippen molar-refractivity contribution >= 4 is 23.0 Å². The number of aromatic nitrogens is 3. The van der Waals surface area contributed by atoms with Gasteiger partial charge in [0.05, 0.1) is 23.6 Å². The number of anilines is 2. The number of nitrogens with one attached hydrogen (secondary N) is 1. The quantitative estimate of drug-likeness (QED) is 0.849. The first-order valence-electron chi connectivity index (χ1n) is 4.83. The summed E-state index contributed by atoms with van der Waals surface area (Å²) < 4.78 is 0. The van der Waals surface area contributed by atoms with Crippen LogP contribution in [-0.2, 0) is 5.54 Å². The summed E-state index contributed by atoms with van der Waals surface area (Å²) in [5, 5.41) is 6.16. The van der Waals surface area contributed by atoms with Crippen LogP contribution in [0.5, 0.6) is 0 Å². The summed E-state index contributed by atoms with van der Waals surface area (Å²) in [4.78, 5) is 12.5. The number of nitrogens with two attached hydrogens (primary N) is 1. The fraction of sp³-hybridized carbons (Fsp3) is 0.300. The predicted molar refractivity (Wildman–Crippen MR) is 65.2 cm³/mol. The lowest BCUT2D eigenvalue weighted by molar-refractivity contribution is 0.597. The molecule has 0 aromatic carbocycles. The Bertz CT molecular complexity index is 449. The number of thiazole rings is 1. The Morgan fingerprint density at radius 2 is 1.94 bits per heavy atom. The summed E-state index contributed by atoms with van der Waals surface area (Å²) in [5.41, 5.74) is 5.79.